The monoisotopic (exact) mass is 465 g/mol. The Bertz CT molecular complexity index is 872. The lowest BCUT2D eigenvalue weighted by molar-refractivity contribution is -0.121. The lowest BCUT2D eigenvalue weighted by atomic mass is 10.3. The van der Waals surface area contributed by atoms with Crippen molar-refractivity contribution in [3.8, 4) is 0 Å². The molecule has 8 heteroatoms. The van der Waals surface area contributed by atoms with E-state index in [0.717, 1.165) is 10.2 Å². The minimum Gasteiger partial charge on any atom is -0.335 e. The normalized spacial score (nSPS) is 17.5. The van der Waals surface area contributed by atoms with Crippen molar-refractivity contribution in [3.63, 3.8) is 0 Å². The number of hydrogen-bond acceptors (Lipinski definition) is 4. The third kappa shape index (κ3) is 4.91. The van der Waals surface area contributed by atoms with Crippen molar-refractivity contribution in [3.05, 3.63) is 58.0 Å². The quantitative estimate of drug-likeness (QED) is 0.393. The van der Waals surface area contributed by atoms with Crippen LogP contribution in [0.4, 0.5) is 11.4 Å². The van der Waals surface area contributed by atoms with Gasteiger partial charge in [0.05, 0.1) is 5.69 Å². The average molecular weight is 467 g/mol. The molecule has 27 heavy (non-hydrogen) atoms. The molecule has 1 atom stereocenters. The second-order valence-corrected chi connectivity index (χ2v) is 8.31. The third-order valence-electron chi connectivity index (χ3n) is 3.84. The zero-order chi connectivity index (χ0) is 19.4. The van der Waals surface area contributed by atoms with Crippen molar-refractivity contribution in [1.29, 1.82) is 0 Å². The Kier molecular flexibility index (Phi) is 6.57. The number of rotatable bonds is 4. The van der Waals surface area contributed by atoms with Crippen LogP contribution in [0.3, 0.4) is 0 Å². The van der Waals surface area contributed by atoms with Gasteiger partial charge in [-0.15, -0.1) is 0 Å². The predicted molar refractivity (Wildman–Crippen MR) is 116 cm³/mol. The van der Waals surface area contributed by atoms with Gasteiger partial charge in [-0.2, -0.15) is 0 Å². The molecule has 0 bridgehead atoms. The molecule has 140 valence electrons. The number of amides is 2. The highest BCUT2D eigenvalue weighted by atomic mass is 79.9. The van der Waals surface area contributed by atoms with E-state index < -0.39 is 5.25 Å². The van der Waals surface area contributed by atoms with Crippen molar-refractivity contribution >= 4 is 67.6 Å². The van der Waals surface area contributed by atoms with Gasteiger partial charge in [-0.25, -0.2) is 4.90 Å². The summed E-state index contributed by atoms with van der Waals surface area (Å²) in [5.74, 6) is -0.465. The van der Waals surface area contributed by atoms with Crippen molar-refractivity contribution in [2.24, 2.45) is 4.99 Å². The average Bonchev–Trinajstić information content (AvgIpc) is 2.92. The van der Waals surface area contributed by atoms with Gasteiger partial charge in [0.15, 0.2) is 5.17 Å². The van der Waals surface area contributed by atoms with Crippen LogP contribution >= 0.6 is 39.3 Å². The number of benzene rings is 2. The van der Waals surface area contributed by atoms with Gasteiger partial charge in [-0.1, -0.05) is 39.3 Å². The van der Waals surface area contributed by atoms with Crippen LogP contribution in [0.1, 0.15) is 13.3 Å². The minimum atomic E-state index is -0.513. The van der Waals surface area contributed by atoms with Gasteiger partial charge < -0.3 is 5.32 Å². The number of nitrogens with one attached hydrogen (secondary N) is 1. The predicted octanol–water partition coefficient (Wildman–Crippen LogP) is 4.96. The molecule has 1 heterocycles. The Balaban J connectivity index is 1.74. The fraction of sp³-hybridized carbons (Fsp3) is 0.211. The van der Waals surface area contributed by atoms with E-state index in [4.69, 9.17) is 11.6 Å². The molecule has 3 rings (SSSR count). The van der Waals surface area contributed by atoms with Crippen molar-refractivity contribution in [2.75, 3.05) is 16.8 Å². The van der Waals surface area contributed by atoms with Crippen LogP contribution in [0, 0.1) is 0 Å². The summed E-state index contributed by atoms with van der Waals surface area (Å²) < 4.78 is 0.977. The molecule has 1 saturated heterocycles. The van der Waals surface area contributed by atoms with Crippen LogP contribution in [0.5, 0.6) is 0 Å². The fourth-order valence-corrected chi connectivity index (χ4v) is 4.07. The largest absolute Gasteiger partial charge is 0.335 e. The second kappa shape index (κ2) is 8.91. The molecule has 1 fully saturated rings. The molecule has 0 unspecified atom stereocenters. The van der Waals surface area contributed by atoms with Crippen LogP contribution < -0.4 is 10.2 Å². The van der Waals surface area contributed by atoms with E-state index in [1.807, 2.05) is 31.2 Å². The maximum Gasteiger partial charge on any atom is 0.247 e. The lowest BCUT2D eigenvalue weighted by Gasteiger charge is -2.16. The Labute approximate surface area is 175 Å². The van der Waals surface area contributed by atoms with Gasteiger partial charge in [0.1, 0.15) is 5.25 Å². The number of imide groups is 1. The van der Waals surface area contributed by atoms with Gasteiger partial charge in [0, 0.05) is 28.1 Å². The summed E-state index contributed by atoms with van der Waals surface area (Å²) in [6.07, 6.45) is 0.136. The molecule has 5 nitrogen and oxygen atoms in total. The minimum absolute atomic E-state index is 0.136. The number of hydrogen-bond donors (Lipinski definition) is 1. The Morgan fingerprint density at radius 3 is 2.52 bits per heavy atom. The van der Waals surface area contributed by atoms with E-state index >= 15 is 0 Å². The van der Waals surface area contributed by atoms with Crippen molar-refractivity contribution < 1.29 is 9.59 Å². The Morgan fingerprint density at radius 2 is 1.89 bits per heavy atom. The van der Waals surface area contributed by atoms with Crippen LogP contribution in [0.15, 0.2) is 58.0 Å². The zero-order valence-electron chi connectivity index (χ0n) is 14.5. The lowest BCUT2D eigenvalue weighted by Crippen LogP contribution is -2.31. The number of carbonyl (C=O) groups excluding carboxylic acids is 2. The van der Waals surface area contributed by atoms with E-state index in [1.165, 1.54) is 16.7 Å². The van der Waals surface area contributed by atoms with Crippen molar-refractivity contribution in [2.45, 2.75) is 18.6 Å². The van der Waals surface area contributed by atoms with Crippen LogP contribution in [0.2, 0.25) is 5.02 Å². The molecule has 0 spiro atoms. The van der Waals surface area contributed by atoms with E-state index in [-0.39, 0.29) is 18.2 Å². The zero-order valence-corrected chi connectivity index (χ0v) is 17.6. The number of nitrogens with zero attached hydrogens (tertiary/aromatic N) is 2. The highest BCUT2D eigenvalue weighted by Gasteiger charge is 2.40. The molecule has 1 aliphatic rings. The van der Waals surface area contributed by atoms with Gasteiger partial charge in [0.25, 0.3) is 0 Å². The summed E-state index contributed by atoms with van der Waals surface area (Å²) in [6.45, 7) is 2.49. The highest BCUT2D eigenvalue weighted by molar-refractivity contribution is 9.10. The first-order valence-electron chi connectivity index (χ1n) is 8.34. The number of thioether (sulfide) groups is 1. The first kappa shape index (κ1) is 19.9. The summed E-state index contributed by atoms with van der Waals surface area (Å²) in [5, 5.41) is 3.88. The first-order valence-corrected chi connectivity index (χ1v) is 10.4. The second-order valence-electron chi connectivity index (χ2n) is 5.77. The first-order chi connectivity index (χ1) is 13.0. The third-order valence-corrected chi connectivity index (χ3v) is 5.73. The van der Waals surface area contributed by atoms with Crippen LogP contribution in [0.25, 0.3) is 0 Å². The maximum atomic E-state index is 12.8. The molecule has 1 N–H and O–H groups in total. The fourth-order valence-electron chi connectivity index (χ4n) is 2.60. The molecule has 0 aromatic heterocycles. The molecular weight excluding hydrogens is 450 g/mol. The van der Waals surface area contributed by atoms with E-state index in [9.17, 15) is 9.59 Å². The van der Waals surface area contributed by atoms with Gasteiger partial charge in [-0.3, -0.25) is 14.6 Å². The van der Waals surface area contributed by atoms with Gasteiger partial charge in [0.2, 0.25) is 11.8 Å². The Morgan fingerprint density at radius 1 is 1.22 bits per heavy atom. The van der Waals surface area contributed by atoms with E-state index in [2.05, 4.69) is 26.2 Å². The standard InChI is InChI=1S/C19H17BrClN3O2S/c1-2-22-19(23-14-7-3-12(20)4-8-14)27-16-11-17(25)24(18(16)26)15-9-5-13(21)6-10-15/h3-10,16H,2,11H2,1H3,(H,22,23)/t16-/m1/s1. The van der Waals surface area contributed by atoms with Crippen molar-refractivity contribution in [1.82, 2.24) is 0 Å². The number of amidine groups is 1. The van der Waals surface area contributed by atoms with Gasteiger partial charge in [-0.05, 0) is 55.5 Å². The molecule has 2 aromatic rings. The summed E-state index contributed by atoms with van der Waals surface area (Å²) >= 11 is 10.6. The topological polar surface area (TPSA) is 61.8 Å². The summed E-state index contributed by atoms with van der Waals surface area (Å²) in [7, 11) is 0. The molecule has 2 amide bonds. The summed E-state index contributed by atoms with van der Waals surface area (Å²) in [4.78, 5) is 30.9. The summed E-state index contributed by atoms with van der Waals surface area (Å²) in [6, 6.07) is 14.3. The molecule has 0 saturated carbocycles. The van der Waals surface area contributed by atoms with Gasteiger partial charge >= 0.3 is 0 Å². The molecule has 0 aliphatic carbocycles. The molecule has 1 aliphatic heterocycles. The van der Waals surface area contributed by atoms with Crippen LogP contribution in [-0.4, -0.2) is 28.8 Å². The van der Waals surface area contributed by atoms with Crippen LogP contribution in [-0.2, 0) is 9.59 Å². The highest BCUT2D eigenvalue weighted by Crippen LogP contribution is 2.31. The molecular formula is C19H17BrClN3O2S. The SMILES string of the molecule is CCN=C(Nc1ccc(Br)cc1)S[C@@H]1CC(=O)N(c2ccc(Cl)cc2)C1=O. The van der Waals surface area contributed by atoms with E-state index in [1.54, 1.807) is 24.3 Å². The number of aliphatic imine (C=N–C) groups is 1. The van der Waals surface area contributed by atoms with E-state index in [0.29, 0.717) is 22.4 Å². The maximum absolute atomic E-state index is 12.8. The number of halogens is 2. The summed E-state index contributed by atoms with van der Waals surface area (Å²) in [5.41, 5.74) is 1.40. The number of carbonyl (C=O) groups is 2. The molecule has 0 radical (unpaired) electrons. The molecule has 2 aromatic carbocycles. The Hall–Kier alpha value is -1.83. The number of anilines is 2. The smallest absolute Gasteiger partial charge is 0.247 e.